The summed E-state index contributed by atoms with van der Waals surface area (Å²) in [5.41, 5.74) is 3.06. The van der Waals surface area contributed by atoms with Crippen LogP contribution in [0.1, 0.15) is 56.9 Å². The van der Waals surface area contributed by atoms with Gasteiger partial charge in [0.25, 0.3) is 0 Å². The largest absolute Gasteiger partial charge is 0.316 e. The second-order valence-corrected chi connectivity index (χ2v) is 8.98. The van der Waals surface area contributed by atoms with Gasteiger partial charge < -0.3 is 5.21 Å². The van der Waals surface area contributed by atoms with Crippen LogP contribution in [-0.2, 0) is 10.0 Å². The lowest BCUT2D eigenvalue weighted by molar-refractivity contribution is 0.152. The predicted octanol–water partition coefficient (Wildman–Crippen LogP) is 3.27. The highest BCUT2D eigenvalue weighted by atomic mass is 32.2. The molecule has 2 rings (SSSR count). The number of hydrogen-bond acceptors (Lipinski definition) is 4. The number of hydrogen-bond donors (Lipinski definition) is 2. The number of halogens is 1. The van der Waals surface area contributed by atoms with E-state index in [1.807, 2.05) is 5.48 Å². The molecule has 7 heteroatoms. The molecule has 2 N–H and O–H groups in total. The van der Waals surface area contributed by atoms with Crippen LogP contribution in [0.25, 0.3) is 0 Å². The van der Waals surface area contributed by atoms with Crippen molar-refractivity contribution in [3.63, 3.8) is 0 Å². The van der Waals surface area contributed by atoms with Gasteiger partial charge in [0.05, 0.1) is 5.75 Å². The lowest BCUT2D eigenvalue weighted by Gasteiger charge is -2.32. The molecule has 1 saturated heterocycles. The summed E-state index contributed by atoms with van der Waals surface area (Å²) in [7, 11) is -3.51. The van der Waals surface area contributed by atoms with Gasteiger partial charge in [-0.3, -0.25) is 0 Å². The highest BCUT2D eigenvalue weighted by Gasteiger charge is 2.30. The van der Waals surface area contributed by atoms with E-state index >= 15 is 0 Å². The molecule has 1 aliphatic heterocycles. The van der Waals surface area contributed by atoms with Crippen molar-refractivity contribution in [2.75, 3.05) is 18.8 Å². The minimum Gasteiger partial charge on any atom is -0.316 e. The zero-order valence-corrected chi connectivity index (χ0v) is 16.6. The van der Waals surface area contributed by atoms with Gasteiger partial charge in [-0.1, -0.05) is 37.8 Å². The lowest BCUT2D eigenvalue weighted by Crippen LogP contribution is -2.43. The van der Waals surface area contributed by atoms with Gasteiger partial charge >= 0.3 is 0 Å². The summed E-state index contributed by atoms with van der Waals surface area (Å²) in [5.74, 6) is 5.48. The molecule has 0 bridgehead atoms. The number of sulfonamides is 1. The van der Waals surface area contributed by atoms with Gasteiger partial charge in [-0.05, 0) is 42.9 Å². The number of rotatable bonds is 8. The Hall–Kier alpha value is -1.46. The van der Waals surface area contributed by atoms with Crippen LogP contribution >= 0.6 is 0 Å². The third kappa shape index (κ3) is 6.89. The average molecular weight is 397 g/mol. The number of benzene rings is 1. The SMILES string of the molecule is CCCCCC#CC(CS(=O)(=O)N1CCC(c2ccc(F)cc2)CC1)NO. The normalized spacial score (nSPS) is 17.3. The fourth-order valence-electron chi connectivity index (χ4n) is 3.29. The maximum absolute atomic E-state index is 13.1. The lowest BCUT2D eigenvalue weighted by atomic mass is 9.90. The van der Waals surface area contributed by atoms with Crippen LogP contribution in [0.5, 0.6) is 0 Å². The summed E-state index contributed by atoms with van der Waals surface area (Å²) in [6.45, 7) is 2.95. The number of piperidine rings is 1. The molecule has 0 aliphatic carbocycles. The summed E-state index contributed by atoms with van der Waals surface area (Å²) in [6, 6.07) is 5.63. The van der Waals surface area contributed by atoms with Gasteiger partial charge in [-0.15, -0.1) is 5.92 Å². The number of nitrogens with one attached hydrogen (secondary N) is 1. The quantitative estimate of drug-likeness (QED) is 0.402. The molecular formula is C20H29FN2O3S. The highest BCUT2D eigenvalue weighted by Crippen LogP contribution is 2.29. The van der Waals surface area contributed by atoms with E-state index in [9.17, 15) is 18.0 Å². The Bertz CT molecular complexity index is 733. The molecule has 1 heterocycles. The molecule has 1 fully saturated rings. The van der Waals surface area contributed by atoms with E-state index in [4.69, 9.17) is 0 Å². The van der Waals surface area contributed by atoms with Crippen LogP contribution in [0.15, 0.2) is 24.3 Å². The van der Waals surface area contributed by atoms with E-state index in [-0.39, 0.29) is 17.5 Å². The molecule has 1 aliphatic rings. The van der Waals surface area contributed by atoms with Crippen molar-refractivity contribution in [1.82, 2.24) is 9.79 Å². The first-order chi connectivity index (χ1) is 13.0. The van der Waals surface area contributed by atoms with Crippen molar-refractivity contribution < 1.29 is 18.0 Å². The molecule has 5 nitrogen and oxygen atoms in total. The van der Waals surface area contributed by atoms with Crippen molar-refractivity contribution >= 4 is 10.0 Å². The van der Waals surface area contributed by atoms with Crippen molar-refractivity contribution in [3.05, 3.63) is 35.6 Å². The molecule has 0 radical (unpaired) electrons. The number of hydroxylamine groups is 1. The van der Waals surface area contributed by atoms with E-state index in [1.54, 1.807) is 12.1 Å². The molecule has 0 aromatic heterocycles. The smallest absolute Gasteiger partial charge is 0.216 e. The van der Waals surface area contributed by atoms with E-state index in [1.165, 1.54) is 16.4 Å². The van der Waals surface area contributed by atoms with Crippen molar-refractivity contribution in [3.8, 4) is 11.8 Å². The maximum Gasteiger partial charge on any atom is 0.216 e. The first-order valence-corrected chi connectivity index (χ1v) is 11.2. The number of nitrogens with zero attached hydrogens (tertiary/aromatic N) is 1. The average Bonchev–Trinajstić information content (AvgIpc) is 2.67. The van der Waals surface area contributed by atoms with Gasteiger partial charge in [0.15, 0.2) is 0 Å². The monoisotopic (exact) mass is 396 g/mol. The summed E-state index contributed by atoms with van der Waals surface area (Å²) in [5, 5.41) is 9.24. The maximum atomic E-state index is 13.1. The molecule has 1 aromatic carbocycles. The fourth-order valence-corrected chi connectivity index (χ4v) is 4.85. The Morgan fingerprint density at radius 1 is 1.26 bits per heavy atom. The minimum atomic E-state index is -3.51. The van der Waals surface area contributed by atoms with E-state index in [0.717, 1.165) is 24.8 Å². The predicted molar refractivity (Wildman–Crippen MR) is 104 cm³/mol. The third-order valence-electron chi connectivity index (χ3n) is 4.90. The Balaban J connectivity index is 1.88. The van der Waals surface area contributed by atoms with Crippen molar-refractivity contribution in [2.45, 2.75) is 57.4 Å². The zero-order valence-electron chi connectivity index (χ0n) is 15.8. The summed E-state index contributed by atoms with van der Waals surface area (Å²) >= 11 is 0. The zero-order chi connectivity index (χ0) is 19.7. The van der Waals surface area contributed by atoms with Crippen LogP contribution in [0.4, 0.5) is 4.39 Å². The minimum absolute atomic E-state index is 0.238. The topological polar surface area (TPSA) is 69.6 Å². The molecule has 1 aromatic rings. The molecule has 1 unspecified atom stereocenters. The van der Waals surface area contributed by atoms with Gasteiger partial charge in [-0.2, -0.15) is 5.48 Å². The highest BCUT2D eigenvalue weighted by molar-refractivity contribution is 7.89. The standard InChI is InChI=1S/C20H29FN2O3S/c1-2-3-4-5-6-7-20(22-24)16-27(25,26)23-14-12-18(13-15-23)17-8-10-19(21)11-9-17/h8-11,18,20,22,24H,2-5,12-16H2,1H3. The van der Waals surface area contributed by atoms with Crippen molar-refractivity contribution in [1.29, 1.82) is 0 Å². The van der Waals surface area contributed by atoms with Crippen LogP contribution in [0.2, 0.25) is 0 Å². The molecule has 27 heavy (non-hydrogen) atoms. The molecule has 0 amide bonds. The van der Waals surface area contributed by atoms with Gasteiger partial charge in [0, 0.05) is 19.5 Å². The van der Waals surface area contributed by atoms with Crippen LogP contribution in [0.3, 0.4) is 0 Å². The van der Waals surface area contributed by atoms with E-state index in [0.29, 0.717) is 32.4 Å². The van der Waals surface area contributed by atoms with E-state index in [2.05, 4.69) is 18.8 Å². The summed E-state index contributed by atoms with van der Waals surface area (Å²) < 4.78 is 39.8. The Labute approximate surface area is 162 Å². The third-order valence-corrected chi connectivity index (χ3v) is 6.81. The van der Waals surface area contributed by atoms with E-state index < -0.39 is 16.1 Å². The summed E-state index contributed by atoms with van der Waals surface area (Å²) in [6.07, 6.45) is 5.27. The molecule has 150 valence electrons. The Kier molecular flexibility index (Phi) is 8.71. The first-order valence-electron chi connectivity index (χ1n) is 9.57. The molecular weight excluding hydrogens is 367 g/mol. The Morgan fingerprint density at radius 3 is 2.52 bits per heavy atom. The van der Waals surface area contributed by atoms with Gasteiger partial charge in [0.1, 0.15) is 11.9 Å². The van der Waals surface area contributed by atoms with Crippen molar-refractivity contribution in [2.24, 2.45) is 0 Å². The molecule has 0 spiro atoms. The second kappa shape index (κ2) is 10.8. The number of unbranched alkanes of at least 4 members (excludes halogenated alkanes) is 3. The van der Waals surface area contributed by atoms with Gasteiger partial charge in [0.2, 0.25) is 10.0 Å². The molecule has 0 saturated carbocycles. The fraction of sp³-hybridized carbons (Fsp3) is 0.600. The molecule has 1 atom stereocenters. The Morgan fingerprint density at radius 2 is 1.93 bits per heavy atom. The second-order valence-electron chi connectivity index (χ2n) is 6.96. The van der Waals surface area contributed by atoms with Gasteiger partial charge in [-0.25, -0.2) is 17.1 Å². The van der Waals surface area contributed by atoms with Crippen LogP contribution < -0.4 is 5.48 Å². The van der Waals surface area contributed by atoms with Crippen LogP contribution in [0, 0.1) is 17.7 Å². The summed E-state index contributed by atoms with van der Waals surface area (Å²) in [4.78, 5) is 0. The van der Waals surface area contributed by atoms with Crippen LogP contribution in [-0.4, -0.2) is 42.8 Å². The first kappa shape index (κ1) is 21.8.